The summed E-state index contributed by atoms with van der Waals surface area (Å²) in [5.74, 6) is 0.444. The molecule has 68 valence electrons. The molecule has 1 saturated carbocycles. The SMILES string of the molecule is O=C[C@H]1C[C@H]1c1cccc(Cl)c1Cl. The molecule has 3 heteroatoms. The highest BCUT2D eigenvalue weighted by Crippen LogP contribution is 2.49. The molecule has 0 bridgehead atoms. The molecule has 1 aromatic rings. The van der Waals surface area contributed by atoms with Crippen LogP contribution in [0.4, 0.5) is 0 Å². The second-order valence-corrected chi connectivity index (χ2v) is 4.07. The second kappa shape index (κ2) is 3.32. The minimum absolute atomic E-state index is 0.149. The van der Waals surface area contributed by atoms with Crippen molar-refractivity contribution in [3.8, 4) is 0 Å². The first-order valence-electron chi connectivity index (χ1n) is 4.13. The Morgan fingerprint density at radius 1 is 1.38 bits per heavy atom. The number of aldehydes is 1. The van der Waals surface area contributed by atoms with Crippen molar-refractivity contribution in [2.75, 3.05) is 0 Å². The van der Waals surface area contributed by atoms with Crippen LogP contribution in [0.2, 0.25) is 10.0 Å². The third kappa shape index (κ3) is 1.59. The summed E-state index contributed by atoms with van der Waals surface area (Å²) in [4.78, 5) is 10.5. The summed E-state index contributed by atoms with van der Waals surface area (Å²) in [6.45, 7) is 0. The third-order valence-electron chi connectivity index (χ3n) is 2.40. The van der Waals surface area contributed by atoms with Gasteiger partial charge in [0.05, 0.1) is 10.0 Å². The number of carbonyl (C=O) groups is 1. The molecule has 2 rings (SSSR count). The molecule has 0 saturated heterocycles. The van der Waals surface area contributed by atoms with Crippen LogP contribution < -0.4 is 0 Å². The van der Waals surface area contributed by atoms with E-state index in [0.717, 1.165) is 18.3 Å². The largest absolute Gasteiger partial charge is 0.303 e. The van der Waals surface area contributed by atoms with Crippen LogP contribution in [-0.4, -0.2) is 6.29 Å². The molecule has 0 heterocycles. The molecular weight excluding hydrogens is 207 g/mol. The van der Waals surface area contributed by atoms with Gasteiger partial charge in [0.2, 0.25) is 0 Å². The van der Waals surface area contributed by atoms with Gasteiger partial charge in [0.15, 0.2) is 0 Å². The molecular formula is C10H8Cl2O. The Hall–Kier alpha value is -0.530. The Morgan fingerprint density at radius 2 is 2.15 bits per heavy atom. The topological polar surface area (TPSA) is 17.1 Å². The number of carbonyl (C=O) groups excluding carboxylic acids is 1. The van der Waals surface area contributed by atoms with E-state index in [-0.39, 0.29) is 5.92 Å². The first-order chi connectivity index (χ1) is 6.24. The van der Waals surface area contributed by atoms with Crippen molar-refractivity contribution in [2.45, 2.75) is 12.3 Å². The molecule has 1 aliphatic rings. The fourth-order valence-electron chi connectivity index (χ4n) is 1.53. The Kier molecular flexibility index (Phi) is 2.31. The van der Waals surface area contributed by atoms with Crippen molar-refractivity contribution < 1.29 is 4.79 Å². The van der Waals surface area contributed by atoms with E-state index in [0.29, 0.717) is 16.0 Å². The molecule has 1 nitrogen and oxygen atoms in total. The molecule has 13 heavy (non-hydrogen) atoms. The zero-order chi connectivity index (χ0) is 9.42. The monoisotopic (exact) mass is 214 g/mol. The summed E-state index contributed by atoms with van der Waals surface area (Å²) in [6, 6.07) is 5.55. The van der Waals surface area contributed by atoms with E-state index in [1.165, 1.54) is 0 Å². The van der Waals surface area contributed by atoms with Gasteiger partial charge in [0.1, 0.15) is 6.29 Å². The van der Waals surface area contributed by atoms with E-state index in [1.54, 1.807) is 6.07 Å². The van der Waals surface area contributed by atoms with E-state index in [9.17, 15) is 4.79 Å². The Bertz CT molecular complexity index is 349. The van der Waals surface area contributed by atoms with Gasteiger partial charge in [-0.1, -0.05) is 35.3 Å². The molecule has 0 N–H and O–H groups in total. The lowest BCUT2D eigenvalue weighted by Crippen LogP contribution is -1.86. The van der Waals surface area contributed by atoms with Crippen LogP contribution >= 0.6 is 23.2 Å². The highest BCUT2D eigenvalue weighted by Gasteiger charge is 2.39. The summed E-state index contributed by atoms with van der Waals surface area (Å²) in [5.41, 5.74) is 1.01. The number of rotatable bonds is 2. The molecule has 1 fully saturated rings. The first-order valence-corrected chi connectivity index (χ1v) is 4.89. The van der Waals surface area contributed by atoms with E-state index < -0.39 is 0 Å². The number of halogens is 2. The zero-order valence-electron chi connectivity index (χ0n) is 6.84. The van der Waals surface area contributed by atoms with E-state index in [4.69, 9.17) is 23.2 Å². The lowest BCUT2D eigenvalue weighted by molar-refractivity contribution is -0.108. The smallest absolute Gasteiger partial charge is 0.123 e. The summed E-state index contributed by atoms with van der Waals surface area (Å²) < 4.78 is 0. The molecule has 2 atom stereocenters. The molecule has 0 amide bonds. The second-order valence-electron chi connectivity index (χ2n) is 3.29. The lowest BCUT2D eigenvalue weighted by atomic mass is 10.1. The highest BCUT2D eigenvalue weighted by molar-refractivity contribution is 6.42. The predicted octanol–water partition coefficient (Wildman–Crippen LogP) is 3.30. The van der Waals surface area contributed by atoms with Crippen molar-refractivity contribution in [1.29, 1.82) is 0 Å². The van der Waals surface area contributed by atoms with Gasteiger partial charge in [-0.05, 0) is 24.0 Å². The summed E-state index contributed by atoms with van der Waals surface area (Å²) in [7, 11) is 0. The Balaban J connectivity index is 2.31. The molecule has 1 aliphatic carbocycles. The fourth-order valence-corrected chi connectivity index (χ4v) is 1.98. The molecule has 0 aromatic heterocycles. The number of hydrogen-bond donors (Lipinski definition) is 0. The normalized spacial score (nSPS) is 25.7. The van der Waals surface area contributed by atoms with Crippen molar-refractivity contribution >= 4 is 29.5 Å². The Labute approximate surface area is 86.7 Å². The molecule has 0 aliphatic heterocycles. The van der Waals surface area contributed by atoms with E-state index >= 15 is 0 Å². The van der Waals surface area contributed by atoms with E-state index in [1.807, 2.05) is 12.1 Å². The van der Waals surface area contributed by atoms with Crippen molar-refractivity contribution in [3.63, 3.8) is 0 Å². The third-order valence-corrected chi connectivity index (χ3v) is 3.23. The van der Waals surface area contributed by atoms with Gasteiger partial charge in [-0.3, -0.25) is 0 Å². The minimum Gasteiger partial charge on any atom is -0.303 e. The van der Waals surface area contributed by atoms with Crippen molar-refractivity contribution in [2.24, 2.45) is 5.92 Å². The van der Waals surface area contributed by atoms with Crippen LogP contribution in [0.5, 0.6) is 0 Å². The zero-order valence-corrected chi connectivity index (χ0v) is 8.35. The summed E-state index contributed by atoms with van der Waals surface area (Å²) in [5, 5.41) is 1.16. The van der Waals surface area contributed by atoms with Gasteiger partial charge in [-0.15, -0.1) is 0 Å². The van der Waals surface area contributed by atoms with Gasteiger partial charge in [0, 0.05) is 5.92 Å². The highest BCUT2D eigenvalue weighted by atomic mass is 35.5. The standard InChI is InChI=1S/C10H8Cl2O/c11-9-3-1-2-7(10(9)12)8-4-6(8)5-13/h1-3,5-6,8H,4H2/t6-,8-/m1/s1. The van der Waals surface area contributed by atoms with Crippen LogP contribution in [0.25, 0.3) is 0 Å². The van der Waals surface area contributed by atoms with Crippen LogP contribution in [0.1, 0.15) is 17.9 Å². The molecule has 0 unspecified atom stereocenters. The molecule has 1 aromatic carbocycles. The average Bonchev–Trinajstić information content (AvgIpc) is 2.89. The maximum absolute atomic E-state index is 10.5. The first kappa shape index (κ1) is 9.04. The van der Waals surface area contributed by atoms with Gasteiger partial charge >= 0.3 is 0 Å². The summed E-state index contributed by atoms with van der Waals surface area (Å²) >= 11 is 11.9. The fraction of sp³-hybridized carbons (Fsp3) is 0.300. The lowest BCUT2D eigenvalue weighted by Gasteiger charge is -2.02. The minimum atomic E-state index is 0.149. The van der Waals surface area contributed by atoms with E-state index in [2.05, 4.69) is 0 Å². The molecule has 0 spiro atoms. The number of benzene rings is 1. The Morgan fingerprint density at radius 3 is 2.77 bits per heavy atom. The van der Waals surface area contributed by atoms with Crippen LogP contribution in [0.15, 0.2) is 18.2 Å². The van der Waals surface area contributed by atoms with Crippen molar-refractivity contribution in [1.82, 2.24) is 0 Å². The average molecular weight is 215 g/mol. The van der Waals surface area contributed by atoms with Gasteiger partial charge in [0.25, 0.3) is 0 Å². The van der Waals surface area contributed by atoms with Crippen LogP contribution in [0, 0.1) is 5.92 Å². The predicted molar refractivity (Wildman–Crippen MR) is 53.4 cm³/mol. The van der Waals surface area contributed by atoms with Gasteiger partial charge in [-0.25, -0.2) is 0 Å². The van der Waals surface area contributed by atoms with Gasteiger partial charge < -0.3 is 4.79 Å². The van der Waals surface area contributed by atoms with Crippen molar-refractivity contribution in [3.05, 3.63) is 33.8 Å². The summed E-state index contributed by atoms with van der Waals surface area (Å²) in [6.07, 6.45) is 1.89. The van der Waals surface area contributed by atoms with Crippen LogP contribution in [-0.2, 0) is 4.79 Å². The maximum Gasteiger partial charge on any atom is 0.123 e. The quantitative estimate of drug-likeness (QED) is 0.691. The van der Waals surface area contributed by atoms with Gasteiger partial charge in [-0.2, -0.15) is 0 Å². The maximum atomic E-state index is 10.5. The van der Waals surface area contributed by atoms with Crippen LogP contribution in [0.3, 0.4) is 0 Å². The molecule has 0 radical (unpaired) electrons. The number of hydrogen-bond acceptors (Lipinski definition) is 1.